The second kappa shape index (κ2) is 2.50. The van der Waals surface area contributed by atoms with Crippen LogP contribution in [0.2, 0.25) is 0 Å². The third kappa shape index (κ3) is 1.01. The predicted octanol–water partition coefficient (Wildman–Crippen LogP) is 2.84. The average molecular weight is 186 g/mol. The normalized spacial score (nSPS) is 11.1. The number of fused-ring (bicyclic) bond motifs is 2. The zero-order valence-corrected chi connectivity index (χ0v) is 7.58. The highest BCUT2D eigenvalue weighted by Gasteiger charge is 1.99. The van der Waals surface area contributed by atoms with Crippen LogP contribution in [0.5, 0.6) is 0 Å². The van der Waals surface area contributed by atoms with Gasteiger partial charge in [-0.05, 0) is 12.1 Å². The number of thiophene rings is 1. The zero-order valence-electron chi connectivity index (χ0n) is 6.77. The van der Waals surface area contributed by atoms with E-state index >= 15 is 0 Å². The topological polar surface area (TPSA) is 25.8 Å². The minimum Gasteiger partial charge on any atom is -0.244 e. The molecular formula is C10H6N2S. The van der Waals surface area contributed by atoms with E-state index in [2.05, 4.69) is 9.97 Å². The molecule has 0 aliphatic rings. The van der Waals surface area contributed by atoms with Crippen LogP contribution in [-0.2, 0) is 0 Å². The predicted molar refractivity (Wildman–Crippen MR) is 54.9 cm³/mol. The van der Waals surface area contributed by atoms with Crippen molar-refractivity contribution in [1.82, 2.24) is 9.97 Å². The molecule has 3 heteroatoms. The molecule has 0 amide bonds. The highest BCUT2D eigenvalue weighted by Crippen LogP contribution is 2.18. The molecule has 0 spiro atoms. The van der Waals surface area contributed by atoms with Gasteiger partial charge in [-0.3, -0.25) is 0 Å². The third-order valence-corrected chi connectivity index (χ3v) is 2.70. The lowest BCUT2D eigenvalue weighted by Crippen LogP contribution is -1.82. The van der Waals surface area contributed by atoms with Crippen LogP contribution >= 0.6 is 11.3 Å². The van der Waals surface area contributed by atoms with Crippen LogP contribution < -0.4 is 0 Å². The van der Waals surface area contributed by atoms with Crippen molar-refractivity contribution in [2.24, 2.45) is 0 Å². The summed E-state index contributed by atoms with van der Waals surface area (Å²) in [5.74, 6) is 0. The summed E-state index contributed by atoms with van der Waals surface area (Å²) in [6, 6.07) is 7.93. The van der Waals surface area contributed by atoms with Crippen molar-refractivity contribution in [2.45, 2.75) is 0 Å². The van der Waals surface area contributed by atoms with Crippen molar-refractivity contribution >= 4 is 33.4 Å². The van der Waals surface area contributed by atoms with E-state index in [0.29, 0.717) is 0 Å². The molecule has 2 nitrogen and oxygen atoms in total. The fourth-order valence-electron chi connectivity index (χ4n) is 1.36. The molecule has 0 bridgehead atoms. The fourth-order valence-corrected chi connectivity index (χ4v) is 2.04. The first kappa shape index (κ1) is 6.97. The molecule has 3 rings (SSSR count). The molecule has 3 aromatic rings. The van der Waals surface area contributed by atoms with Crippen molar-refractivity contribution in [1.29, 1.82) is 0 Å². The second-order valence-electron chi connectivity index (χ2n) is 2.85. The number of aromatic nitrogens is 2. The van der Waals surface area contributed by atoms with E-state index in [-0.39, 0.29) is 0 Å². The van der Waals surface area contributed by atoms with Gasteiger partial charge in [0.15, 0.2) is 0 Å². The van der Waals surface area contributed by atoms with E-state index in [1.54, 1.807) is 11.3 Å². The Morgan fingerprint density at radius 3 is 1.85 bits per heavy atom. The van der Waals surface area contributed by atoms with Crippen LogP contribution in [0.4, 0.5) is 0 Å². The molecular weight excluding hydrogens is 180 g/mol. The molecule has 62 valence electrons. The molecule has 13 heavy (non-hydrogen) atoms. The Labute approximate surface area is 78.9 Å². The van der Waals surface area contributed by atoms with Gasteiger partial charge in [-0.25, -0.2) is 9.97 Å². The van der Waals surface area contributed by atoms with Gasteiger partial charge in [0.05, 0.1) is 11.0 Å². The van der Waals surface area contributed by atoms with E-state index in [4.69, 9.17) is 0 Å². The Balaban J connectivity index is 2.57. The average Bonchev–Trinajstić information content (AvgIpc) is 2.61. The van der Waals surface area contributed by atoms with Crippen LogP contribution in [-0.4, -0.2) is 9.97 Å². The Morgan fingerprint density at radius 2 is 1.31 bits per heavy atom. The highest BCUT2D eigenvalue weighted by molar-refractivity contribution is 7.09. The van der Waals surface area contributed by atoms with E-state index < -0.39 is 0 Å². The molecule has 0 radical (unpaired) electrons. The smallest absolute Gasteiger partial charge is 0.100 e. The SMILES string of the molecule is c1ccc2nc3cscc3nc2c1. The van der Waals surface area contributed by atoms with Gasteiger partial charge in [-0.15, -0.1) is 11.3 Å². The standard InChI is InChI=1S/C10H6N2S/c1-2-4-8-7(3-1)11-9-5-13-6-10(9)12-8/h1-6H. The maximum absolute atomic E-state index is 4.49. The summed E-state index contributed by atoms with van der Waals surface area (Å²) in [6.07, 6.45) is 0. The lowest BCUT2D eigenvalue weighted by molar-refractivity contribution is 1.41. The molecule has 0 N–H and O–H groups in total. The van der Waals surface area contributed by atoms with Gasteiger partial charge < -0.3 is 0 Å². The number of hydrogen-bond donors (Lipinski definition) is 0. The molecule has 0 atom stereocenters. The van der Waals surface area contributed by atoms with Gasteiger partial charge >= 0.3 is 0 Å². The van der Waals surface area contributed by atoms with Crippen molar-refractivity contribution in [3.8, 4) is 0 Å². The fraction of sp³-hybridized carbons (Fsp3) is 0. The molecule has 2 heterocycles. The Kier molecular flexibility index (Phi) is 1.34. The Morgan fingerprint density at radius 1 is 0.769 bits per heavy atom. The lowest BCUT2D eigenvalue weighted by atomic mass is 10.3. The van der Waals surface area contributed by atoms with Crippen molar-refractivity contribution in [3.05, 3.63) is 35.0 Å². The maximum Gasteiger partial charge on any atom is 0.100 e. The van der Waals surface area contributed by atoms with Crippen molar-refractivity contribution in [3.63, 3.8) is 0 Å². The number of benzene rings is 1. The summed E-state index contributed by atoms with van der Waals surface area (Å²) in [7, 11) is 0. The van der Waals surface area contributed by atoms with Crippen LogP contribution in [0.1, 0.15) is 0 Å². The first-order valence-corrected chi connectivity index (χ1v) is 4.96. The molecule has 0 aliphatic carbocycles. The van der Waals surface area contributed by atoms with Crippen molar-refractivity contribution in [2.75, 3.05) is 0 Å². The number of nitrogens with zero attached hydrogens (tertiary/aromatic N) is 2. The monoisotopic (exact) mass is 186 g/mol. The number of rotatable bonds is 0. The summed E-state index contributed by atoms with van der Waals surface area (Å²) in [5.41, 5.74) is 3.91. The molecule has 1 aromatic carbocycles. The second-order valence-corrected chi connectivity index (χ2v) is 3.60. The molecule has 0 unspecified atom stereocenters. The zero-order chi connectivity index (χ0) is 8.67. The summed E-state index contributed by atoms with van der Waals surface area (Å²) < 4.78 is 0. The molecule has 2 aromatic heterocycles. The van der Waals surface area contributed by atoms with Crippen LogP contribution in [0.15, 0.2) is 35.0 Å². The molecule has 0 saturated heterocycles. The quantitative estimate of drug-likeness (QED) is 0.539. The number of hydrogen-bond acceptors (Lipinski definition) is 3. The minimum atomic E-state index is 0.966. The van der Waals surface area contributed by atoms with E-state index in [1.807, 2.05) is 35.0 Å². The Bertz CT molecular complexity index is 521. The van der Waals surface area contributed by atoms with Gasteiger partial charge in [0.2, 0.25) is 0 Å². The molecule has 0 saturated carbocycles. The first-order chi connectivity index (χ1) is 6.43. The largest absolute Gasteiger partial charge is 0.244 e. The number of para-hydroxylation sites is 2. The third-order valence-electron chi connectivity index (χ3n) is 1.99. The molecule has 0 aliphatic heterocycles. The summed E-state index contributed by atoms with van der Waals surface area (Å²) in [4.78, 5) is 8.97. The van der Waals surface area contributed by atoms with Gasteiger partial charge in [-0.2, -0.15) is 0 Å². The van der Waals surface area contributed by atoms with E-state index in [1.165, 1.54) is 0 Å². The van der Waals surface area contributed by atoms with Crippen LogP contribution in [0.25, 0.3) is 22.1 Å². The van der Waals surface area contributed by atoms with Gasteiger partial charge in [-0.1, -0.05) is 12.1 Å². The maximum atomic E-state index is 4.49. The highest BCUT2D eigenvalue weighted by atomic mass is 32.1. The van der Waals surface area contributed by atoms with Gasteiger partial charge in [0, 0.05) is 10.8 Å². The Hall–Kier alpha value is -1.48. The lowest BCUT2D eigenvalue weighted by Gasteiger charge is -1.94. The minimum absolute atomic E-state index is 0.966. The van der Waals surface area contributed by atoms with Gasteiger partial charge in [0.25, 0.3) is 0 Å². The summed E-state index contributed by atoms with van der Waals surface area (Å²) >= 11 is 1.64. The van der Waals surface area contributed by atoms with E-state index in [0.717, 1.165) is 22.1 Å². The van der Waals surface area contributed by atoms with Crippen LogP contribution in [0.3, 0.4) is 0 Å². The van der Waals surface area contributed by atoms with Crippen molar-refractivity contribution < 1.29 is 0 Å². The first-order valence-electron chi connectivity index (χ1n) is 4.02. The summed E-state index contributed by atoms with van der Waals surface area (Å²) in [5, 5.41) is 4.05. The summed E-state index contributed by atoms with van der Waals surface area (Å²) in [6.45, 7) is 0. The molecule has 0 fully saturated rings. The van der Waals surface area contributed by atoms with E-state index in [9.17, 15) is 0 Å². The van der Waals surface area contributed by atoms with Crippen LogP contribution in [0, 0.1) is 0 Å². The van der Waals surface area contributed by atoms with Gasteiger partial charge in [0.1, 0.15) is 11.0 Å².